The Morgan fingerprint density at radius 3 is 2.50 bits per heavy atom. The van der Waals surface area contributed by atoms with E-state index >= 15 is 0 Å². The van der Waals surface area contributed by atoms with E-state index in [1.807, 2.05) is 24.0 Å². The summed E-state index contributed by atoms with van der Waals surface area (Å²) in [4.78, 5) is 17.5. The number of pyridine rings is 1. The zero-order valence-corrected chi connectivity index (χ0v) is 10.1. The van der Waals surface area contributed by atoms with Crippen LogP contribution in [0.25, 0.3) is 0 Å². The Labute approximate surface area is 96.7 Å². The van der Waals surface area contributed by atoms with E-state index in [-0.39, 0.29) is 12.1 Å². The van der Waals surface area contributed by atoms with Crippen molar-refractivity contribution in [2.75, 3.05) is 13.6 Å². The molecule has 0 aliphatic heterocycles. The minimum Gasteiger partial charge on any atom is -0.341 e. The zero-order chi connectivity index (χ0) is 12.0. The maximum absolute atomic E-state index is 11.7. The quantitative estimate of drug-likeness (QED) is 0.847. The lowest BCUT2D eigenvalue weighted by molar-refractivity contribution is 0.178. The number of carbonyl (C=O) groups is 1. The molecule has 1 atom stereocenters. The molecule has 88 valence electrons. The van der Waals surface area contributed by atoms with E-state index in [2.05, 4.69) is 17.2 Å². The van der Waals surface area contributed by atoms with E-state index in [1.165, 1.54) is 0 Å². The molecule has 0 unspecified atom stereocenters. The van der Waals surface area contributed by atoms with Crippen LogP contribution in [0.1, 0.15) is 31.9 Å². The van der Waals surface area contributed by atoms with Crippen LogP contribution in [-0.4, -0.2) is 29.5 Å². The number of rotatable bonds is 4. The summed E-state index contributed by atoms with van der Waals surface area (Å²) in [6.07, 6.45) is 4.41. The standard InChI is InChI=1S/C12H19N3O/c1-4-11(10-6-8-14-9-7-10)15(5-2)12(16)13-3/h6-9,11H,4-5H2,1-3H3,(H,13,16)/t11-/m0/s1. The van der Waals surface area contributed by atoms with Crippen molar-refractivity contribution in [1.82, 2.24) is 15.2 Å². The van der Waals surface area contributed by atoms with Crippen LogP contribution in [0, 0.1) is 0 Å². The van der Waals surface area contributed by atoms with Crippen molar-refractivity contribution in [2.24, 2.45) is 0 Å². The minimum atomic E-state index is -0.0360. The van der Waals surface area contributed by atoms with Gasteiger partial charge in [-0.2, -0.15) is 0 Å². The van der Waals surface area contributed by atoms with E-state index in [9.17, 15) is 4.79 Å². The van der Waals surface area contributed by atoms with E-state index in [0.717, 1.165) is 12.0 Å². The monoisotopic (exact) mass is 221 g/mol. The first-order chi connectivity index (χ1) is 7.74. The molecule has 0 radical (unpaired) electrons. The first-order valence-corrected chi connectivity index (χ1v) is 5.62. The summed E-state index contributed by atoms with van der Waals surface area (Å²) < 4.78 is 0. The van der Waals surface area contributed by atoms with Gasteiger partial charge in [-0.25, -0.2) is 4.79 Å². The highest BCUT2D eigenvalue weighted by molar-refractivity contribution is 5.74. The molecule has 0 aromatic carbocycles. The maximum Gasteiger partial charge on any atom is 0.317 e. The summed E-state index contributed by atoms with van der Waals surface area (Å²) in [5.41, 5.74) is 1.13. The highest BCUT2D eigenvalue weighted by Gasteiger charge is 2.21. The van der Waals surface area contributed by atoms with Gasteiger partial charge in [0.15, 0.2) is 0 Å². The van der Waals surface area contributed by atoms with Crippen molar-refractivity contribution in [3.63, 3.8) is 0 Å². The van der Waals surface area contributed by atoms with Crippen LogP contribution in [0.15, 0.2) is 24.5 Å². The average molecular weight is 221 g/mol. The fraction of sp³-hybridized carbons (Fsp3) is 0.500. The SMILES string of the molecule is CC[C@@H](c1ccncc1)N(CC)C(=O)NC. The van der Waals surface area contributed by atoms with Gasteiger partial charge in [-0.15, -0.1) is 0 Å². The molecular formula is C12H19N3O. The molecule has 16 heavy (non-hydrogen) atoms. The van der Waals surface area contributed by atoms with Crippen LogP contribution < -0.4 is 5.32 Å². The second-order valence-corrected chi connectivity index (χ2v) is 3.55. The fourth-order valence-electron chi connectivity index (χ4n) is 1.87. The Morgan fingerprint density at radius 1 is 1.44 bits per heavy atom. The molecule has 0 saturated carbocycles. The average Bonchev–Trinajstić information content (AvgIpc) is 2.36. The Balaban J connectivity index is 2.92. The van der Waals surface area contributed by atoms with E-state index in [0.29, 0.717) is 6.54 Å². The van der Waals surface area contributed by atoms with Crippen LogP contribution in [-0.2, 0) is 0 Å². The number of aromatic nitrogens is 1. The van der Waals surface area contributed by atoms with E-state index in [1.54, 1.807) is 19.4 Å². The van der Waals surface area contributed by atoms with Crippen molar-refractivity contribution in [2.45, 2.75) is 26.3 Å². The molecule has 1 N–H and O–H groups in total. The van der Waals surface area contributed by atoms with Crippen molar-refractivity contribution in [1.29, 1.82) is 0 Å². The predicted molar refractivity (Wildman–Crippen MR) is 64.1 cm³/mol. The van der Waals surface area contributed by atoms with Crippen molar-refractivity contribution < 1.29 is 4.79 Å². The molecule has 0 saturated heterocycles. The zero-order valence-electron chi connectivity index (χ0n) is 10.1. The number of amides is 2. The largest absolute Gasteiger partial charge is 0.341 e. The first-order valence-electron chi connectivity index (χ1n) is 5.62. The summed E-state index contributed by atoms with van der Waals surface area (Å²) in [5, 5.41) is 2.67. The number of hydrogen-bond acceptors (Lipinski definition) is 2. The molecule has 1 heterocycles. The smallest absolute Gasteiger partial charge is 0.317 e. The van der Waals surface area contributed by atoms with Gasteiger partial charge in [-0.3, -0.25) is 4.98 Å². The predicted octanol–water partition coefficient (Wildman–Crippen LogP) is 2.19. The third-order valence-corrected chi connectivity index (χ3v) is 2.67. The Hall–Kier alpha value is -1.58. The summed E-state index contributed by atoms with van der Waals surface area (Å²) in [6.45, 7) is 4.76. The van der Waals surface area contributed by atoms with Gasteiger partial charge in [0.25, 0.3) is 0 Å². The van der Waals surface area contributed by atoms with Crippen LogP contribution in [0.2, 0.25) is 0 Å². The molecule has 1 rings (SSSR count). The molecule has 4 heteroatoms. The molecule has 1 aromatic heterocycles. The molecule has 4 nitrogen and oxygen atoms in total. The van der Waals surface area contributed by atoms with Gasteiger partial charge in [-0.05, 0) is 31.0 Å². The van der Waals surface area contributed by atoms with Gasteiger partial charge in [0.05, 0.1) is 6.04 Å². The molecular weight excluding hydrogens is 202 g/mol. The van der Waals surface area contributed by atoms with Gasteiger partial charge in [-0.1, -0.05) is 6.92 Å². The molecule has 1 aromatic rings. The van der Waals surface area contributed by atoms with Crippen molar-refractivity contribution in [3.05, 3.63) is 30.1 Å². The lowest BCUT2D eigenvalue weighted by Crippen LogP contribution is -2.40. The topological polar surface area (TPSA) is 45.2 Å². The Morgan fingerprint density at radius 2 is 2.06 bits per heavy atom. The van der Waals surface area contributed by atoms with Crippen LogP contribution in [0.5, 0.6) is 0 Å². The minimum absolute atomic E-state index is 0.0360. The summed E-state index contributed by atoms with van der Waals surface area (Å²) in [7, 11) is 1.66. The highest BCUT2D eigenvalue weighted by atomic mass is 16.2. The lowest BCUT2D eigenvalue weighted by atomic mass is 10.0. The van der Waals surface area contributed by atoms with Crippen LogP contribution in [0.3, 0.4) is 0 Å². The number of urea groups is 1. The summed E-state index contributed by atoms with van der Waals surface area (Å²) >= 11 is 0. The first kappa shape index (κ1) is 12.5. The Kier molecular flexibility index (Phi) is 4.76. The molecule has 0 aliphatic rings. The second-order valence-electron chi connectivity index (χ2n) is 3.55. The van der Waals surface area contributed by atoms with Gasteiger partial charge in [0, 0.05) is 26.0 Å². The highest BCUT2D eigenvalue weighted by Crippen LogP contribution is 2.23. The Bertz CT molecular complexity index is 326. The summed E-state index contributed by atoms with van der Waals surface area (Å²) in [6, 6.07) is 4.00. The molecule has 0 bridgehead atoms. The number of nitrogens with zero attached hydrogens (tertiary/aromatic N) is 2. The van der Waals surface area contributed by atoms with E-state index < -0.39 is 0 Å². The molecule has 0 fully saturated rings. The number of carbonyl (C=O) groups excluding carboxylic acids is 1. The van der Waals surface area contributed by atoms with E-state index in [4.69, 9.17) is 0 Å². The van der Waals surface area contributed by atoms with Gasteiger partial charge in [0.1, 0.15) is 0 Å². The molecule has 0 spiro atoms. The third-order valence-electron chi connectivity index (χ3n) is 2.67. The number of nitrogens with one attached hydrogen (secondary N) is 1. The molecule has 0 aliphatic carbocycles. The number of hydrogen-bond donors (Lipinski definition) is 1. The molecule has 2 amide bonds. The van der Waals surface area contributed by atoms with Crippen molar-refractivity contribution >= 4 is 6.03 Å². The lowest BCUT2D eigenvalue weighted by Gasteiger charge is -2.30. The van der Waals surface area contributed by atoms with Gasteiger partial charge < -0.3 is 10.2 Å². The summed E-state index contributed by atoms with van der Waals surface area (Å²) in [5.74, 6) is 0. The maximum atomic E-state index is 11.7. The normalized spacial score (nSPS) is 11.9. The van der Waals surface area contributed by atoms with Crippen LogP contribution in [0.4, 0.5) is 4.79 Å². The second kappa shape index (κ2) is 6.10. The van der Waals surface area contributed by atoms with Gasteiger partial charge in [0.2, 0.25) is 0 Å². The van der Waals surface area contributed by atoms with Crippen molar-refractivity contribution in [3.8, 4) is 0 Å². The van der Waals surface area contributed by atoms with Crippen LogP contribution >= 0.6 is 0 Å². The van der Waals surface area contributed by atoms with Gasteiger partial charge >= 0.3 is 6.03 Å². The fourth-order valence-corrected chi connectivity index (χ4v) is 1.87. The third kappa shape index (κ3) is 2.72.